The average molecular weight is 1830 g/mol. The number of anilines is 4. The second-order valence-electron chi connectivity index (χ2n) is 31.1. The third-order valence-corrected chi connectivity index (χ3v) is 24.5. The van der Waals surface area contributed by atoms with Crippen molar-refractivity contribution in [2.75, 3.05) is 26.0 Å². The van der Waals surface area contributed by atoms with Crippen LogP contribution in [0.25, 0.3) is 22.4 Å². The third kappa shape index (κ3) is 24.0. The highest BCUT2D eigenvalue weighted by molar-refractivity contribution is 7.93. The third-order valence-electron chi connectivity index (χ3n) is 18.2. The van der Waals surface area contributed by atoms with Crippen LogP contribution in [0.5, 0.6) is 11.8 Å². The normalized spacial score (nSPS) is 11.8. The molecule has 36 heteroatoms. The van der Waals surface area contributed by atoms with Crippen molar-refractivity contribution in [1.82, 2.24) is 44.7 Å². The first-order valence-corrected chi connectivity index (χ1v) is 45.1. The molecule has 0 aliphatic heterocycles. The predicted octanol–water partition coefficient (Wildman–Crippen LogP) is 18.3. The summed E-state index contributed by atoms with van der Waals surface area (Å²) < 4.78 is 126. The summed E-state index contributed by atoms with van der Waals surface area (Å²) >= 11 is 24.1. The average Bonchev–Trinajstić information content (AvgIpc) is 1.64. The number of fused-ring (bicyclic) bond motifs is 1. The molecule has 5 N–H and O–H groups in total. The number of ketones is 3. The van der Waals surface area contributed by atoms with Crippen molar-refractivity contribution in [3.63, 3.8) is 0 Å². The molecule has 0 atom stereocenters. The van der Waals surface area contributed by atoms with Gasteiger partial charge in [-0.15, -0.1) is 0 Å². The Morgan fingerprint density at radius 3 is 1.19 bits per heavy atom. The SMILES string of the molecule is CC(C)(C)c1ccc(S(=O)(=O)Nc2cc(Cl)cnc2C(=O)c2cccc(C(=O)O)c2)cc1.COc1ccc(C(=O)c2ncc(Cl)cc2NS(=O)(=O)c2ccc(OC(C)C)nc2)cn1.Cc1ccc(C(=O)c2ncc(Cl)cc2NS(=O)(=O)c2ccc(C(C)(C)C)cc2)cc1.Cn1nc(-c2ncc(Cl)cc2NS(=O)(=O)c2ccc(C(C)(C)C)cc2)c2cccnc21. The topological polar surface area (TPSA) is 400 Å². The highest BCUT2D eigenvalue weighted by atomic mass is 35.5. The minimum absolute atomic E-state index is 0.0109. The van der Waals surface area contributed by atoms with Crippen LogP contribution in [0.15, 0.2) is 245 Å². The summed E-state index contributed by atoms with van der Waals surface area (Å²) in [5.41, 5.74) is 5.61. The highest BCUT2D eigenvalue weighted by Gasteiger charge is 2.29. The van der Waals surface area contributed by atoms with Gasteiger partial charge in [0, 0.05) is 78.4 Å². The van der Waals surface area contributed by atoms with Gasteiger partial charge in [0.15, 0.2) is 5.65 Å². The fraction of sp³-hybridized carbons (Fsp3) is 0.205. The van der Waals surface area contributed by atoms with Crippen molar-refractivity contribution >= 4 is 144 Å². The first kappa shape index (κ1) is 94.1. The van der Waals surface area contributed by atoms with E-state index >= 15 is 0 Å². The Kier molecular flexibility index (Phi) is 29.4. The molecule has 28 nitrogen and oxygen atoms in total. The van der Waals surface area contributed by atoms with Crippen molar-refractivity contribution in [2.45, 2.75) is 125 Å². The number of aryl methyl sites for hydroxylation is 2. The molecule has 0 bridgehead atoms. The van der Waals surface area contributed by atoms with E-state index in [1.807, 2.05) is 71.9 Å². The molecule has 8 heterocycles. The first-order chi connectivity index (χ1) is 58.1. The van der Waals surface area contributed by atoms with Gasteiger partial charge < -0.3 is 14.6 Å². The van der Waals surface area contributed by atoms with E-state index in [-0.39, 0.29) is 114 Å². The van der Waals surface area contributed by atoms with Crippen molar-refractivity contribution in [1.29, 1.82) is 0 Å². The Morgan fingerprint density at radius 2 is 0.782 bits per heavy atom. The lowest BCUT2D eigenvalue weighted by Gasteiger charge is -2.19. The lowest BCUT2D eigenvalue weighted by atomic mass is 9.87. The number of carboxylic acid groups (broad SMARTS) is 1. The fourth-order valence-electron chi connectivity index (χ4n) is 11.7. The number of nitrogens with one attached hydrogen (secondary N) is 4. The molecule has 13 rings (SSSR count). The largest absolute Gasteiger partial charge is 0.481 e. The number of benzene rings is 5. The molecule has 0 aliphatic carbocycles. The molecule has 5 aromatic carbocycles. The Bertz CT molecular complexity index is 6640. The van der Waals surface area contributed by atoms with Crippen molar-refractivity contribution in [2.24, 2.45) is 7.05 Å². The first-order valence-electron chi connectivity index (χ1n) is 37.6. The van der Waals surface area contributed by atoms with E-state index in [0.717, 1.165) is 33.8 Å². The van der Waals surface area contributed by atoms with Gasteiger partial charge in [-0.3, -0.25) is 38.3 Å². The summed E-state index contributed by atoms with van der Waals surface area (Å²) in [6.07, 6.45) is 9.29. The van der Waals surface area contributed by atoms with Gasteiger partial charge in [-0.2, -0.15) is 5.10 Å². The van der Waals surface area contributed by atoms with E-state index in [0.29, 0.717) is 39.4 Å². The van der Waals surface area contributed by atoms with E-state index in [2.05, 4.69) is 100 Å². The summed E-state index contributed by atoms with van der Waals surface area (Å²) in [6, 6.07) is 47.3. The van der Waals surface area contributed by atoms with E-state index in [1.54, 1.807) is 84.7 Å². The van der Waals surface area contributed by atoms with Crippen molar-refractivity contribution in [3.05, 3.63) is 307 Å². The van der Waals surface area contributed by atoms with Gasteiger partial charge >= 0.3 is 5.97 Å². The maximum absolute atomic E-state index is 13.1. The lowest BCUT2D eigenvalue weighted by molar-refractivity contribution is 0.0696. The molecule has 124 heavy (non-hydrogen) atoms. The lowest BCUT2D eigenvalue weighted by Crippen LogP contribution is -2.18. The van der Waals surface area contributed by atoms with E-state index in [9.17, 15) is 52.8 Å². The molecule has 644 valence electrons. The number of aromatic carboxylic acids is 1. The second-order valence-corrected chi connectivity index (χ2v) is 39.6. The number of carbonyl (C=O) groups is 4. The Balaban J connectivity index is 0.000000173. The maximum atomic E-state index is 13.1. The summed E-state index contributed by atoms with van der Waals surface area (Å²) in [5.74, 6) is -2.15. The summed E-state index contributed by atoms with van der Waals surface area (Å²) in [4.78, 5) is 79.0. The monoisotopic (exact) mass is 1830 g/mol. The molecule has 0 saturated heterocycles. The molecule has 0 unspecified atom stereocenters. The minimum Gasteiger partial charge on any atom is -0.481 e. The highest BCUT2D eigenvalue weighted by Crippen LogP contribution is 2.36. The van der Waals surface area contributed by atoms with Gasteiger partial charge in [-0.1, -0.05) is 187 Å². The van der Waals surface area contributed by atoms with Gasteiger partial charge in [-0.25, -0.2) is 73.1 Å². The van der Waals surface area contributed by atoms with Crippen LogP contribution in [0, 0.1) is 6.92 Å². The van der Waals surface area contributed by atoms with Gasteiger partial charge in [0.05, 0.1) is 82.5 Å². The van der Waals surface area contributed by atoms with Crippen LogP contribution in [0.1, 0.15) is 157 Å². The fourth-order valence-corrected chi connectivity index (χ4v) is 16.5. The quantitative estimate of drug-likeness (QED) is 0.0371. The number of nitrogens with zero attached hydrogens (tertiary/aromatic N) is 9. The second kappa shape index (κ2) is 38.7. The summed E-state index contributed by atoms with van der Waals surface area (Å²) in [6.45, 7) is 24.0. The Morgan fingerprint density at radius 1 is 0.403 bits per heavy atom. The molecule has 0 spiro atoms. The van der Waals surface area contributed by atoms with Gasteiger partial charge in [0.1, 0.15) is 33.4 Å². The van der Waals surface area contributed by atoms with Gasteiger partial charge in [0.25, 0.3) is 40.1 Å². The van der Waals surface area contributed by atoms with Gasteiger partial charge in [-0.05, 0) is 151 Å². The van der Waals surface area contributed by atoms with Crippen LogP contribution in [-0.4, -0.2) is 120 Å². The number of methoxy groups -OCH3 is 1. The molecule has 0 fully saturated rings. The standard InChI is InChI=1S/C23H21ClN2O5S.C23H23ClN2O3S.C22H22ClN5O2S.C20H19ClN4O5S/c1-23(2,3)16-7-9-18(10-8-16)32(30,31)26-19-12-17(24)13-25-20(19)21(27)14-5-4-6-15(11-14)22(28)29;1-15-5-7-16(8-6-15)22(27)21-20(13-18(24)14-25-21)26-30(28,29)19-11-9-17(10-12-19)23(2,3)4;1-22(2,3)14-7-9-16(10-8-14)31(29,30)27-18-12-15(23)13-25-20(18)19-17-6-5-11-24-21(17)28(4)26-19;1-12(2)30-18-7-5-15(11-23-18)31(27,28)25-16-8-14(21)10-24-19(16)20(26)13-4-6-17(29-3)22-9-13/h4-13,26H,1-3H3,(H,28,29);5-14,26H,1-4H3;5-13,27H,1-4H3;4-12,25H,1-3H3. The molecule has 0 amide bonds. The smallest absolute Gasteiger partial charge is 0.335 e. The molecule has 0 radical (unpaired) electrons. The predicted molar refractivity (Wildman–Crippen MR) is 479 cm³/mol. The number of hydrogen-bond donors (Lipinski definition) is 5. The van der Waals surface area contributed by atoms with Crippen LogP contribution < -0.4 is 28.4 Å². The summed E-state index contributed by atoms with van der Waals surface area (Å²) in [7, 11) is -12.7. The molecular formula is C88H85Cl4N13O15S4. The minimum atomic E-state index is -4.08. The van der Waals surface area contributed by atoms with E-state index in [1.165, 1.54) is 123 Å². The van der Waals surface area contributed by atoms with Crippen LogP contribution in [0.2, 0.25) is 20.1 Å². The van der Waals surface area contributed by atoms with Crippen LogP contribution in [0.4, 0.5) is 22.7 Å². The number of halogens is 4. The molecule has 0 aliphatic rings. The Labute approximate surface area is 738 Å². The van der Waals surface area contributed by atoms with E-state index in [4.69, 9.17) is 61.0 Å². The molecular weight excluding hydrogens is 1750 g/mol. The molecule has 0 saturated carbocycles. The zero-order chi connectivity index (χ0) is 90.8. The zero-order valence-electron chi connectivity index (χ0n) is 69.3. The molecule has 8 aromatic heterocycles. The number of rotatable bonds is 23. The number of carbonyl (C=O) groups excluding carboxylic acids is 3. The van der Waals surface area contributed by atoms with Crippen LogP contribution >= 0.6 is 46.4 Å². The van der Waals surface area contributed by atoms with Crippen molar-refractivity contribution in [3.8, 4) is 23.1 Å². The summed E-state index contributed by atoms with van der Waals surface area (Å²) in [5, 5.41) is 15.2. The van der Waals surface area contributed by atoms with Crippen LogP contribution in [-0.2, 0) is 63.4 Å². The zero-order valence-corrected chi connectivity index (χ0v) is 75.6. The van der Waals surface area contributed by atoms with Crippen molar-refractivity contribution < 1.29 is 67.4 Å². The number of sulfonamides is 4. The number of pyridine rings is 7. The molecule has 13 aromatic rings. The number of ether oxygens (including phenoxy) is 2. The number of aromatic nitrogens is 9. The number of hydrogen-bond acceptors (Lipinski definition) is 22. The van der Waals surface area contributed by atoms with Crippen LogP contribution in [0.3, 0.4) is 0 Å². The Hall–Kier alpha value is -12.1. The van der Waals surface area contributed by atoms with Gasteiger partial charge in [0.2, 0.25) is 29.1 Å². The number of carboxylic acids is 1. The maximum Gasteiger partial charge on any atom is 0.335 e. The van der Waals surface area contributed by atoms with E-state index < -0.39 is 63.4 Å².